The maximum absolute atomic E-state index is 6.10. The Labute approximate surface area is 143 Å². The Morgan fingerprint density at radius 2 is 1.43 bits per heavy atom. The summed E-state index contributed by atoms with van der Waals surface area (Å²) in [6.07, 6.45) is 1.81. The highest BCUT2D eigenvalue weighted by molar-refractivity contribution is 6.32. The number of unbranched alkanes of at least 4 members (excludes halogenated alkanes) is 1. The molecule has 0 heterocycles. The van der Waals surface area contributed by atoms with Crippen LogP contribution >= 0.6 is 11.6 Å². The van der Waals surface area contributed by atoms with Crippen LogP contribution in [0.15, 0.2) is 42.5 Å². The molecule has 0 aliphatic heterocycles. The largest absolute Gasteiger partial charge is 0.492 e. The van der Waals surface area contributed by atoms with Crippen molar-refractivity contribution < 1.29 is 14.2 Å². The number of para-hydroxylation sites is 2. The standard InChI is InChI=1S/C19H23ClO3/c1-3-21-17-8-4-5-9-18(17)22-12-6-7-13-23-19-14-15(2)10-11-16(19)20/h4-5,8-11,14H,3,6-7,12-13H2,1-2H3. The van der Waals surface area contributed by atoms with E-state index in [1.807, 2.05) is 56.3 Å². The molecule has 0 saturated carbocycles. The topological polar surface area (TPSA) is 27.7 Å². The van der Waals surface area contributed by atoms with Crippen LogP contribution < -0.4 is 14.2 Å². The minimum atomic E-state index is 0.625. The molecule has 124 valence electrons. The second-order valence-electron chi connectivity index (χ2n) is 5.22. The normalized spacial score (nSPS) is 10.4. The fraction of sp³-hybridized carbons (Fsp3) is 0.368. The van der Waals surface area contributed by atoms with E-state index in [9.17, 15) is 0 Å². The summed E-state index contributed by atoms with van der Waals surface area (Å²) in [6.45, 7) is 5.87. The van der Waals surface area contributed by atoms with Crippen molar-refractivity contribution in [2.75, 3.05) is 19.8 Å². The number of ether oxygens (including phenoxy) is 3. The van der Waals surface area contributed by atoms with Gasteiger partial charge < -0.3 is 14.2 Å². The van der Waals surface area contributed by atoms with E-state index in [2.05, 4.69) is 0 Å². The third kappa shape index (κ3) is 5.68. The van der Waals surface area contributed by atoms with Gasteiger partial charge in [-0.15, -0.1) is 0 Å². The van der Waals surface area contributed by atoms with E-state index < -0.39 is 0 Å². The first-order valence-corrected chi connectivity index (χ1v) is 8.32. The van der Waals surface area contributed by atoms with Gasteiger partial charge in [0.05, 0.1) is 24.8 Å². The van der Waals surface area contributed by atoms with Gasteiger partial charge in [-0.2, -0.15) is 0 Å². The molecule has 0 aromatic heterocycles. The van der Waals surface area contributed by atoms with E-state index in [4.69, 9.17) is 25.8 Å². The molecule has 0 N–H and O–H groups in total. The highest BCUT2D eigenvalue weighted by atomic mass is 35.5. The summed E-state index contributed by atoms with van der Waals surface area (Å²) in [5, 5.41) is 0.650. The third-order valence-corrected chi connectivity index (χ3v) is 3.60. The smallest absolute Gasteiger partial charge is 0.161 e. The third-order valence-electron chi connectivity index (χ3n) is 3.29. The molecule has 0 fully saturated rings. The molecule has 0 aliphatic rings. The first-order valence-electron chi connectivity index (χ1n) is 7.94. The fourth-order valence-corrected chi connectivity index (χ4v) is 2.31. The van der Waals surface area contributed by atoms with Crippen LogP contribution in [-0.4, -0.2) is 19.8 Å². The quantitative estimate of drug-likeness (QED) is 0.583. The van der Waals surface area contributed by atoms with Gasteiger partial charge in [-0.3, -0.25) is 0 Å². The van der Waals surface area contributed by atoms with Gasteiger partial charge in [0, 0.05) is 0 Å². The van der Waals surface area contributed by atoms with Crippen LogP contribution in [-0.2, 0) is 0 Å². The first-order chi connectivity index (χ1) is 11.2. The Balaban J connectivity index is 1.69. The Kier molecular flexibility index (Phi) is 7.08. The van der Waals surface area contributed by atoms with Gasteiger partial charge in [-0.05, 0) is 56.5 Å². The zero-order valence-corrected chi connectivity index (χ0v) is 14.4. The van der Waals surface area contributed by atoms with Crippen molar-refractivity contribution in [3.05, 3.63) is 53.1 Å². The molecule has 0 atom stereocenters. The lowest BCUT2D eigenvalue weighted by molar-refractivity contribution is 0.252. The molecule has 0 unspecified atom stereocenters. The van der Waals surface area contributed by atoms with Crippen LogP contribution in [0.3, 0.4) is 0 Å². The second-order valence-corrected chi connectivity index (χ2v) is 5.62. The van der Waals surface area contributed by atoms with Crippen molar-refractivity contribution in [3.8, 4) is 17.2 Å². The van der Waals surface area contributed by atoms with E-state index >= 15 is 0 Å². The fourth-order valence-electron chi connectivity index (χ4n) is 2.13. The summed E-state index contributed by atoms with van der Waals surface area (Å²) >= 11 is 6.10. The Morgan fingerprint density at radius 1 is 0.826 bits per heavy atom. The number of hydrogen-bond donors (Lipinski definition) is 0. The van der Waals surface area contributed by atoms with E-state index in [1.165, 1.54) is 0 Å². The van der Waals surface area contributed by atoms with Gasteiger partial charge >= 0.3 is 0 Å². The van der Waals surface area contributed by atoms with E-state index in [0.29, 0.717) is 24.8 Å². The Bertz CT molecular complexity index is 613. The summed E-state index contributed by atoms with van der Waals surface area (Å²) in [5.74, 6) is 2.32. The van der Waals surface area contributed by atoms with E-state index in [1.54, 1.807) is 0 Å². The van der Waals surface area contributed by atoms with Crippen molar-refractivity contribution in [2.45, 2.75) is 26.7 Å². The molecular weight excluding hydrogens is 312 g/mol. The molecule has 0 saturated heterocycles. The molecule has 2 rings (SSSR count). The molecule has 0 spiro atoms. The molecular formula is C19H23ClO3. The van der Waals surface area contributed by atoms with Crippen molar-refractivity contribution in [3.63, 3.8) is 0 Å². The molecule has 0 aliphatic carbocycles. The summed E-state index contributed by atoms with van der Waals surface area (Å²) < 4.78 is 17.0. The van der Waals surface area contributed by atoms with Crippen LogP contribution in [0.2, 0.25) is 5.02 Å². The van der Waals surface area contributed by atoms with Crippen molar-refractivity contribution in [2.24, 2.45) is 0 Å². The number of hydrogen-bond acceptors (Lipinski definition) is 3. The minimum absolute atomic E-state index is 0.625. The molecule has 2 aromatic carbocycles. The molecule has 3 nitrogen and oxygen atoms in total. The molecule has 4 heteroatoms. The van der Waals surface area contributed by atoms with Crippen LogP contribution in [0.5, 0.6) is 17.2 Å². The first kappa shape index (κ1) is 17.5. The van der Waals surface area contributed by atoms with Crippen LogP contribution in [0.4, 0.5) is 0 Å². The molecule has 2 aromatic rings. The lowest BCUT2D eigenvalue weighted by atomic mass is 10.2. The van der Waals surface area contributed by atoms with Crippen molar-refractivity contribution in [1.82, 2.24) is 0 Å². The number of benzene rings is 2. The lowest BCUT2D eigenvalue weighted by Gasteiger charge is -2.12. The highest BCUT2D eigenvalue weighted by Gasteiger charge is 2.04. The summed E-state index contributed by atoms with van der Waals surface area (Å²) in [6, 6.07) is 13.5. The second kappa shape index (κ2) is 9.31. The molecule has 23 heavy (non-hydrogen) atoms. The number of rotatable bonds is 9. The SMILES string of the molecule is CCOc1ccccc1OCCCCOc1cc(C)ccc1Cl. The Hall–Kier alpha value is -1.87. The maximum Gasteiger partial charge on any atom is 0.161 e. The van der Waals surface area contributed by atoms with E-state index in [0.717, 1.165) is 35.7 Å². The predicted molar refractivity (Wildman–Crippen MR) is 94.0 cm³/mol. The zero-order valence-electron chi connectivity index (χ0n) is 13.7. The average Bonchev–Trinajstić information content (AvgIpc) is 2.55. The van der Waals surface area contributed by atoms with Gasteiger partial charge in [0.1, 0.15) is 5.75 Å². The zero-order chi connectivity index (χ0) is 16.5. The Morgan fingerprint density at radius 3 is 2.09 bits per heavy atom. The van der Waals surface area contributed by atoms with Gasteiger partial charge in [-0.1, -0.05) is 29.8 Å². The predicted octanol–water partition coefficient (Wildman–Crippen LogP) is 5.29. The van der Waals surface area contributed by atoms with Crippen molar-refractivity contribution in [1.29, 1.82) is 0 Å². The monoisotopic (exact) mass is 334 g/mol. The summed E-state index contributed by atoms with van der Waals surface area (Å²) in [5.41, 5.74) is 1.14. The van der Waals surface area contributed by atoms with Gasteiger partial charge in [-0.25, -0.2) is 0 Å². The van der Waals surface area contributed by atoms with Gasteiger partial charge in [0.15, 0.2) is 11.5 Å². The summed E-state index contributed by atoms with van der Waals surface area (Å²) in [7, 11) is 0. The van der Waals surface area contributed by atoms with Crippen LogP contribution in [0.1, 0.15) is 25.3 Å². The van der Waals surface area contributed by atoms with Gasteiger partial charge in [0.2, 0.25) is 0 Å². The molecule has 0 amide bonds. The van der Waals surface area contributed by atoms with Gasteiger partial charge in [0.25, 0.3) is 0 Å². The lowest BCUT2D eigenvalue weighted by Crippen LogP contribution is -2.04. The van der Waals surface area contributed by atoms with E-state index in [-0.39, 0.29) is 0 Å². The minimum Gasteiger partial charge on any atom is -0.492 e. The summed E-state index contributed by atoms with van der Waals surface area (Å²) in [4.78, 5) is 0. The van der Waals surface area contributed by atoms with Crippen LogP contribution in [0, 0.1) is 6.92 Å². The number of halogens is 1. The van der Waals surface area contributed by atoms with Crippen molar-refractivity contribution >= 4 is 11.6 Å². The average molecular weight is 335 g/mol. The number of aryl methyl sites for hydroxylation is 1. The van der Waals surface area contributed by atoms with Crippen LogP contribution in [0.25, 0.3) is 0 Å². The maximum atomic E-state index is 6.10. The highest BCUT2D eigenvalue weighted by Crippen LogP contribution is 2.27. The molecule has 0 bridgehead atoms. The molecule has 0 radical (unpaired) electrons.